The predicted molar refractivity (Wildman–Crippen MR) is 201 cm³/mol. The van der Waals surface area contributed by atoms with Gasteiger partial charge in [0.15, 0.2) is 0 Å². The highest BCUT2D eigenvalue weighted by molar-refractivity contribution is 5.87. The first-order valence-electron chi connectivity index (χ1n) is 17.5. The van der Waals surface area contributed by atoms with Crippen LogP contribution in [0.25, 0.3) is 0 Å². The van der Waals surface area contributed by atoms with E-state index in [0.29, 0.717) is 31.8 Å². The molecule has 0 aromatic rings. The number of hydrogen-bond acceptors (Lipinski definition) is 13. The Morgan fingerprint density at radius 2 is 0.922 bits per heavy atom. The number of ether oxygens (including phenoxy) is 5. The number of carbonyl (C=O) groups is 5. The molecule has 0 aliphatic heterocycles. The highest BCUT2D eigenvalue weighted by Crippen LogP contribution is 2.45. The molecule has 2 atom stereocenters. The van der Waals surface area contributed by atoms with Gasteiger partial charge in [0, 0.05) is 25.2 Å². The van der Waals surface area contributed by atoms with Gasteiger partial charge in [-0.1, -0.05) is 20.4 Å². The summed E-state index contributed by atoms with van der Waals surface area (Å²) in [5.74, 6) is -1.63. The zero-order chi connectivity index (χ0) is 40.8. The maximum absolute atomic E-state index is 13.0. The van der Waals surface area contributed by atoms with Crippen LogP contribution in [0.4, 0.5) is 0 Å². The second-order valence-electron chi connectivity index (χ2n) is 15.5. The lowest BCUT2D eigenvalue weighted by Crippen LogP contribution is -2.44. The van der Waals surface area contributed by atoms with Crippen LogP contribution in [0, 0.1) is 21.7 Å². The summed E-state index contributed by atoms with van der Waals surface area (Å²) in [5, 5.41) is 0. The minimum atomic E-state index is -1.05. The summed E-state index contributed by atoms with van der Waals surface area (Å²) in [7, 11) is 14.2. The summed E-state index contributed by atoms with van der Waals surface area (Å²) < 4.78 is 25.3. The van der Waals surface area contributed by atoms with Gasteiger partial charge in [-0.05, 0) is 116 Å². The molecule has 0 aliphatic rings. The van der Waals surface area contributed by atoms with Crippen molar-refractivity contribution in [2.45, 2.75) is 88.0 Å². The van der Waals surface area contributed by atoms with E-state index in [9.17, 15) is 24.0 Å². The van der Waals surface area contributed by atoms with Gasteiger partial charge in [-0.2, -0.15) is 0 Å². The van der Waals surface area contributed by atoms with Crippen LogP contribution >= 0.6 is 0 Å². The lowest BCUT2D eigenvalue weighted by atomic mass is 9.65. The van der Waals surface area contributed by atoms with E-state index in [1.54, 1.807) is 34.6 Å². The van der Waals surface area contributed by atoms with E-state index in [1.165, 1.54) is 14.2 Å². The first-order valence-corrected chi connectivity index (χ1v) is 17.5. The quantitative estimate of drug-likeness (QED) is 0.0957. The van der Waals surface area contributed by atoms with Crippen molar-refractivity contribution < 1.29 is 47.7 Å². The molecule has 0 aliphatic carbocycles. The molecule has 13 nitrogen and oxygen atoms in total. The number of methoxy groups -OCH3 is 2. The van der Waals surface area contributed by atoms with Crippen molar-refractivity contribution in [3.63, 3.8) is 0 Å². The van der Waals surface area contributed by atoms with Crippen molar-refractivity contribution >= 4 is 29.8 Å². The molecule has 0 saturated heterocycles. The van der Waals surface area contributed by atoms with Crippen molar-refractivity contribution in [3.05, 3.63) is 12.2 Å². The minimum absolute atomic E-state index is 0.100. The Hall–Kier alpha value is -3.03. The van der Waals surface area contributed by atoms with Crippen molar-refractivity contribution in [3.8, 4) is 0 Å². The molecular weight excluding hydrogens is 658 g/mol. The Labute approximate surface area is 309 Å². The third kappa shape index (κ3) is 22.5. The number of hydrogen-bond donors (Lipinski definition) is 0. The Balaban J connectivity index is -0.000000792. The molecule has 0 radical (unpaired) electrons. The Morgan fingerprint density at radius 1 is 0.529 bits per heavy atom. The smallest absolute Gasteiger partial charge is 0.333 e. The highest BCUT2D eigenvalue weighted by atomic mass is 16.5. The van der Waals surface area contributed by atoms with Gasteiger partial charge in [0.25, 0.3) is 0 Å². The second-order valence-corrected chi connectivity index (χ2v) is 15.5. The molecule has 51 heavy (non-hydrogen) atoms. The number of carbonyl (C=O) groups excluding carboxylic acids is 5. The zero-order valence-electron chi connectivity index (χ0n) is 35.2. The highest BCUT2D eigenvalue weighted by Gasteiger charge is 2.49. The number of likely N-dealkylation sites (N-methyl/N-ethyl adjacent to an activating group) is 3. The van der Waals surface area contributed by atoms with Crippen molar-refractivity contribution in [1.29, 1.82) is 0 Å². The van der Waals surface area contributed by atoms with Gasteiger partial charge in [-0.25, -0.2) is 4.79 Å². The third-order valence-corrected chi connectivity index (χ3v) is 8.40. The number of esters is 5. The first-order chi connectivity index (χ1) is 23.2. The monoisotopic (exact) mass is 732 g/mol. The van der Waals surface area contributed by atoms with Gasteiger partial charge >= 0.3 is 29.8 Å². The van der Waals surface area contributed by atoms with E-state index in [2.05, 4.69) is 6.58 Å². The number of nitrogens with zero attached hydrogens (tertiary/aromatic N) is 3. The van der Waals surface area contributed by atoms with Gasteiger partial charge in [-0.15, -0.1) is 0 Å². The van der Waals surface area contributed by atoms with Crippen LogP contribution in [0.3, 0.4) is 0 Å². The third-order valence-electron chi connectivity index (χ3n) is 8.40. The van der Waals surface area contributed by atoms with Crippen LogP contribution in [0.1, 0.15) is 88.0 Å². The molecule has 0 amide bonds. The predicted octanol–water partition coefficient (Wildman–Crippen LogP) is 4.86. The average Bonchev–Trinajstić information content (AvgIpc) is 3.03. The lowest BCUT2D eigenvalue weighted by molar-refractivity contribution is -0.167. The lowest BCUT2D eigenvalue weighted by Gasteiger charge is -2.39. The summed E-state index contributed by atoms with van der Waals surface area (Å²) in [4.78, 5) is 65.6. The molecule has 0 rings (SSSR count). The van der Waals surface area contributed by atoms with E-state index in [4.69, 9.17) is 23.7 Å². The summed E-state index contributed by atoms with van der Waals surface area (Å²) in [6.45, 7) is 23.0. The Morgan fingerprint density at radius 3 is 1.25 bits per heavy atom. The van der Waals surface area contributed by atoms with Crippen LogP contribution in [0.2, 0.25) is 0 Å². The van der Waals surface area contributed by atoms with Gasteiger partial charge in [0.2, 0.25) is 0 Å². The van der Waals surface area contributed by atoms with E-state index in [0.717, 1.165) is 19.5 Å². The molecule has 0 bridgehead atoms. The van der Waals surface area contributed by atoms with Crippen molar-refractivity contribution in [1.82, 2.24) is 14.7 Å². The normalized spacial score (nSPS) is 13.7. The Bertz CT molecular complexity index is 1090. The van der Waals surface area contributed by atoms with E-state index < -0.39 is 28.2 Å². The molecule has 0 N–H and O–H groups in total. The molecule has 13 heteroatoms. The molecule has 0 aromatic carbocycles. The standard InChI is InChI=1S/C20H37NO6.C10H21NO2.C8H15NO2/c1-10-19(4,16(23)26-9)14-20(5,13-18(2,3)15(22)25-8)17(24)27-12-11-21(6)7;1-6-10(2,3)9(12)13-8-7-11(4)5;1-7(2)8(10)11-6-5-9(3)4/h10-14H2,1-9H3;6-8H2,1-5H3;1,5-6H2,2-4H3. The SMILES string of the molecule is C=C(C)C(=O)OCCN(C)C.CCC(C)(C)C(=O)OCCN(C)C.CCC(C)(CC(C)(CC(C)(C)C(=O)OC)C(=O)OCCN(C)C)C(=O)OC. The van der Waals surface area contributed by atoms with Gasteiger partial charge in [-0.3, -0.25) is 19.2 Å². The summed E-state index contributed by atoms with van der Waals surface area (Å²) in [6, 6.07) is 0. The maximum Gasteiger partial charge on any atom is 0.333 e. The van der Waals surface area contributed by atoms with Crippen molar-refractivity contribution in [2.75, 3.05) is 96.0 Å². The van der Waals surface area contributed by atoms with Crippen LogP contribution in [-0.2, 0) is 47.7 Å². The largest absolute Gasteiger partial charge is 0.469 e. The first kappa shape index (κ1) is 52.3. The fraction of sp³-hybridized carbons (Fsp3) is 0.816. The molecule has 0 saturated carbocycles. The van der Waals surface area contributed by atoms with E-state index in [1.807, 2.05) is 84.7 Å². The summed E-state index contributed by atoms with van der Waals surface area (Å²) in [5.41, 5.74) is -2.72. The van der Waals surface area contributed by atoms with E-state index in [-0.39, 0.29) is 42.8 Å². The van der Waals surface area contributed by atoms with E-state index >= 15 is 0 Å². The van der Waals surface area contributed by atoms with Crippen LogP contribution in [0.15, 0.2) is 12.2 Å². The molecule has 0 aromatic heterocycles. The van der Waals surface area contributed by atoms with Crippen LogP contribution < -0.4 is 0 Å². The summed E-state index contributed by atoms with van der Waals surface area (Å²) in [6.07, 6.45) is 1.72. The van der Waals surface area contributed by atoms with Gasteiger partial charge < -0.3 is 38.4 Å². The fourth-order valence-corrected chi connectivity index (χ4v) is 4.58. The number of rotatable bonds is 20. The maximum atomic E-state index is 13.0. The second kappa shape index (κ2) is 25.0. The molecule has 2 unspecified atom stereocenters. The molecule has 300 valence electrons. The topological polar surface area (TPSA) is 141 Å². The molecule has 0 heterocycles. The van der Waals surface area contributed by atoms with Crippen LogP contribution in [0.5, 0.6) is 0 Å². The molecule has 0 fully saturated rings. The fourth-order valence-electron chi connectivity index (χ4n) is 4.58. The van der Waals surface area contributed by atoms with Crippen molar-refractivity contribution in [2.24, 2.45) is 21.7 Å². The molecule has 0 spiro atoms. The zero-order valence-corrected chi connectivity index (χ0v) is 35.2. The van der Waals surface area contributed by atoms with Crippen LogP contribution in [-0.4, -0.2) is 141 Å². The summed E-state index contributed by atoms with van der Waals surface area (Å²) >= 11 is 0. The average molecular weight is 732 g/mol. The Kier molecular flexibility index (Phi) is 25.7. The molecular formula is C38H73N3O10. The minimum Gasteiger partial charge on any atom is -0.469 e. The van der Waals surface area contributed by atoms with Gasteiger partial charge in [0.05, 0.1) is 35.9 Å². The van der Waals surface area contributed by atoms with Gasteiger partial charge in [0.1, 0.15) is 19.8 Å².